The van der Waals surface area contributed by atoms with Crippen molar-refractivity contribution in [2.75, 3.05) is 6.54 Å². The second kappa shape index (κ2) is 3.85. The van der Waals surface area contributed by atoms with Crippen LogP contribution in [0.2, 0.25) is 0 Å². The normalized spacial score (nSPS) is 18.0. The fraction of sp³-hybridized carbons (Fsp3) is 1.00. The van der Waals surface area contributed by atoms with Crippen LogP contribution in [0.4, 0.5) is 0 Å². The van der Waals surface area contributed by atoms with Gasteiger partial charge in [-0.1, -0.05) is 20.8 Å². The van der Waals surface area contributed by atoms with Crippen LogP contribution in [0, 0.1) is 11.8 Å². The van der Waals surface area contributed by atoms with E-state index < -0.39 is 0 Å². The van der Waals surface area contributed by atoms with Crippen molar-refractivity contribution in [3.63, 3.8) is 0 Å². The van der Waals surface area contributed by atoms with Gasteiger partial charge in [0, 0.05) is 6.54 Å². The fourth-order valence-corrected chi connectivity index (χ4v) is 0.659. The van der Waals surface area contributed by atoms with Crippen molar-refractivity contribution in [1.82, 2.24) is 0 Å². The van der Waals surface area contributed by atoms with Crippen molar-refractivity contribution in [1.29, 1.82) is 0 Å². The van der Waals surface area contributed by atoms with E-state index in [2.05, 4.69) is 13.8 Å². The van der Waals surface area contributed by atoms with Gasteiger partial charge in [-0.15, -0.1) is 0 Å². The standard InChI is InChI=1S/C7H17NO/c1-5(2)6(3)7(9)4-8/h5-7,9H,4,8H2,1-3H3. The lowest BCUT2D eigenvalue weighted by molar-refractivity contribution is 0.0994. The summed E-state index contributed by atoms with van der Waals surface area (Å²) in [6.07, 6.45) is -0.329. The number of nitrogens with two attached hydrogens (primary N) is 1. The first-order valence-electron chi connectivity index (χ1n) is 3.47. The van der Waals surface area contributed by atoms with Gasteiger partial charge in [0.05, 0.1) is 6.10 Å². The zero-order chi connectivity index (χ0) is 7.44. The molecule has 0 aromatic carbocycles. The van der Waals surface area contributed by atoms with Gasteiger partial charge in [-0.05, 0) is 11.8 Å². The van der Waals surface area contributed by atoms with Crippen molar-refractivity contribution >= 4 is 0 Å². The minimum atomic E-state index is -0.329. The summed E-state index contributed by atoms with van der Waals surface area (Å²) < 4.78 is 0. The minimum Gasteiger partial charge on any atom is -0.392 e. The molecule has 0 aromatic heterocycles. The third-order valence-corrected chi connectivity index (χ3v) is 1.90. The molecule has 0 heterocycles. The number of aliphatic hydroxyl groups excluding tert-OH is 1. The van der Waals surface area contributed by atoms with E-state index in [4.69, 9.17) is 5.73 Å². The third kappa shape index (κ3) is 2.82. The molecule has 0 aliphatic heterocycles. The molecule has 2 unspecified atom stereocenters. The first kappa shape index (κ1) is 8.92. The summed E-state index contributed by atoms with van der Waals surface area (Å²) in [5.74, 6) is 0.832. The van der Waals surface area contributed by atoms with Gasteiger partial charge in [0.15, 0.2) is 0 Å². The maximum atomic E-state index is 9.17. The van der Waals surface area contributed by atoms with Gasteiger partial charge in [-0.25, -0.2) is 0 Å². The smallest absolute Gasteiger partial charge is 0.0690 e. The zero-order valence-electron chi connectivity index (χ0n) is 6.46. The van der Waals surface area contributed by atoms with Crippen LogP contribution in [0.25, 0.3) is 0 Å². The van der Waals surface area contributed by atoms with Crippen LogP contribution in [0.5, 0.6) is 0 Å². The van der Waals surface area contributed by atoms with E-state index in [-0.39, 0.29) is 6.10 Å². The van der Waals surface area contributed by atoms with E-state index in [1.165, 1.54) is 0 Å². The van der Waals surface area contributed by atoms with Gasteiger partial charge < -0.3 is 10.8 Å². The Bertz CT molecular complexity index is 73.3. The molecule has 0 aliphatic rings. The molecule has 3 N–H and O–H groups in total. The van der Waals surface area contributed by atoms with Gasteiger partial charge in [-0.2, -0.15) is 0 Å². The summed E-state index contributed by atoms with van der Waals surface area (Å²) in [5, 5.41) is 9.17. The monoisotopic (exact) mass is 131 g/mol. The molecule has 56 valence electrons. The summed E-state index contributed by atoms with van der Waals surface area (Å²) in [4.78, 5) is 0. The Morgan fingerprint density at radius 2 is 1.78 bits per heavy atom. The average Bonchev–Trinajstić information content (AvgIpc) is 1.84. The van der Waals surface area contributed by atoms with Crippen LogP contribution in [0.3, 0.4) is 0 Å². The molecule has 0 radical (unpaired) electrons. The molecule has 0 fully saturated rings. The van der Waals surface area contributed by atoms with Crippen LogP contribution >= 0.6 is 0 Å². The lowest BCUT2D eigenvalue weighted by Crippen LogP contribution is -2.29. The van der Waals surface area contributed by atoms with E-state index in [9.17, 15) is 5.11 Å². The Hall–Kier alpha value is -0.0800. The molecule has 0 aliphatic carbocycles. The van der Waals surface area contributed by atoms with E-state index in [1.807, 2.05) is 6.92 Å². The Labute approximate surface area is 57.1 Å². The molecule has 2 nitrogen and oxygen atoms in total. The Balaban J connectivity index is 3.58. The highest BCUT2D eigenvalue weighted by molar-refractivity contribution is 4.67. The highest BCUT2D eigenvalue weighted by Gasteiger charge is 2.14. The molecule has 0 saturated carbocycles. The van der Waals surface area contributed by atoms with Crippen LogP contribution in [-0.2, 0) is 0 Å². The van der Waals surface area contributed by atoms with Gasteiger partial charge in [0.1, 0.15) is 0 Å². The Morgan fingerprint density at radius 1 is 1.33 bits per heavy atom. The molecule has 2 atom stereocenters. The summed E-state index contributed by atoms with van der Waals surface area (Å²) in [5.41, 5.74) is 5.26. The SMILES string of the molecule is CC(C)C(C)C(O)CN. The molecule has 2 heteroatoms. The second-order valence-corrected chi connectivity index (χ2v) is 2.91. The van der Waals surface area contributed by atoms with E-state index in [0.29, 0.717) is 18.4 Å². The lowest BCUT2D eigenvalue weighted by atomic mass is 9.92. The van der Waals surface area contributed by atoms with Crippen LogP contribution < -0.4 is 5.73 Å². The molecular formula is C7H17NO. The lowest BCUT2D eigenvalue weighted by Gasteiger charge is -2.20. The fourth-order valence-electron chi connectivity index (χ4n) is 0.659. The van der Waals surface area contributed by atoms with Crippen molar-refractivity contribution in [3.8, 4) is 0 Å². The molecule has 0 aromatic rings. The quantitative estimate of drug-likeness (QED) is 0.589. The predicted octanol–water partition coefficient (Wildman–Crippen LogP) is 0.598. The molecule has 0 amide bonds. The van der Waals surface area contributed by atoms with Crippen molar-refractivity contribution in [2.24, 2.45) is 17.6 Å². The first-order chi connectivity index (χ1) is 4.09. The molecule has 9 heavy (non-hydrogen) atoms. The Kier molecular flexibility index (Phi) is 3.82. The number of aliphatic hydroxyl groups is 1. The minimum absolute atomic E-state index is 0.315. The van der Waals surface area contributed by atoms with Crippen LogP contribution in [0.15, 0.2) is 0 Å². The van der Waals surface area contributed by atoms with Crippen LogP contribution in [-0.4, -0.2) is 17.8 Å². The maximum absolute atomic E-state index is 9.17. The summed E-state index contributed by atoms with van der Waals surface area (Å²) in [6.45, 7) is 6.56. The van der Waals surface area contributed by atoms with E-state index >= 15 is 0 Å². The van der Waals surface area contributed by atoms with Crippen molar-refractivity contribution in [2.45, 2.75) is 26.9 Å². The zero-order valence-corrected chi connectivity index (χ0v) is 6.46. The summed E-state index contributed by atoms with van der Waals surface area (Å²) >= 11 is 0. The van der Waals surface area contributed by atoms with Gasteiger partial charge in [0.2, 0.25) is 0 Å². The number of hydrogen-bond acceptors (Lipinski definition) is 2. The van der Waals surface area contributed by atoms with Crippen molar-refractivity contribution in [3.05, 3.63) is 0 Å². The van der Waals surface area contributed by atoms with Gasteiger partial charge in [0.25, 0.3) is 0 Å². The average molecular weight is 131 g/mol. The maximum Gasteiger partial charge on any atom is 0.0690 e. The highest BCUT2D eigenvalue weighted by Crippen LogP contribution is 2.12. The number of rotatable bonds is 3. The Morgan fingerprint density at radius 3 is 1.89 bits per heavy atom. The van der Waals surface area contributed by atoms with Gasteiger partial charge in [-0.3, -0.25) is 0 Å². The number of hydrogen-bond donors (Lipinski definition) is 2. The van der Waals surface area contributed by atoms with E-state index in [1.54, 1.807) is 0 Å². The molecule has 0 saturated heterocycles. The second-order valence-electron chi connectivity index (χ2n) is 2.91. The topological polar surface area (TPSA) is 46.2 Å². The highest BCUT2D eigenvalue weighted by atomic mass is 16.3. The predicted molar refractivity (Wildman–Crippen MR) is 39.1 cm³/mol. The molecule has 0 bridgehead atoms. The van der Waals surface area contributed by atoms with Crippen molar-refractivity contribution < 1.29 is 5.11 Å². The molecule has 0 spiro atoms. The molecule has 0 rings (SSSR count). The van der Waals surface area contributed by atoms with E-state index in [0.717, 1.165) is 0 Å². The first-order valence-corrected chi connectivity index (χ1v) is 3.47. The summed E-state index contributed by atoms with van der Waals surface area (Å²) in [7, 11) is 0. The summed E-state index contributed by atoms with van der Waals surface area (Å²) in [6, 6.07) is 0. The van der Waals surface area contributed by atoms with Crippen LogP contribution in [0.1, 0.15) is 20.8 Å². The largest absolute Gasteiger partial charge is 0.392 e. The van der Waals surface area contributed by atoms with Gasteiger partial charge >= 0.3 is 0 Å². The molecular weight excluding hydrogens is 114 g/mol. The third-order valence-electron chi connectivity index (χ3n) is 1.90.